The Balaban J connectivity index is 2.60. The molecule has 2 N–H and O–H groups in total. The monoisotopic (exact) mass is 243 g/mol. The average molecular weight is 243 g/mol. The topological polar surface area (TPSA) is 26.0 Å². The highest BCUT2D eigenvalue weighted by Crippen LogP contribution is 2.32. The Kier molecular flexibility index (Phi) is 3.48. The van der Waals surface area contributed by atoms with Crippen LogP contribution in [0.15, 0.2) is 48.5 Å². The van der Waals surface area contributed by atoms with Gasteiger partial charge in [-0.3, -0.25) is 0 Å². The summed E-state index contributed by atoms with van der Waals surface area (Å²) in [4.78, 5) is 0. The maximum Gasteiger partial charge on any atom is 0.128 e. The third-order valence-electron chi connectivity index (χ3n) is 3.45. The van der Waals surface area contributed by atoms with Gasteiger partial charge < -0.3 is 5.73 Å². The minimum Gasteiger partial charge on any atom is -0.318 e. The van der Waals surface area contributed by atoms with E-state index in [4.69, 9.17) is 5.73 Å². The molecule has 0 aliphatic rings. The molecule has 0 aliphatic heterocycles. The van der Waals surface area contributed by atoms with Gasteiger partial charge in [0.15, 0.2) is 0 Å². The van der Waals surface area contributed by atoms with Crippen LogP contribution in [0.25, 0.3) is 0 Å². The number of nitrogens with two attached hydrogens (primary N) is 1. The van der Waals surface area contributed by atoms with E-state index in [1.165, 1.54) is 6.07 Å². The van der Waals surface area contributed by atoms with Crippen molar-refractivity contribution in [2.45, 2.75) is 25.8 Å². The Morgan fingerprint density at radius 1 is 1.11 bits per heavy atom. The molecule has 0 fully saturated rings. The molecule has 18 heavy (non-hydrogen) atoms. The van der Waals surface area contributed by atoms with Gasteiger partial charge in [0.2, 0.25) is 0 Å². The SMILES string of the molecule is CCC(N)(c1ccccc1)c1cc(C)ccc1F. The number of rotatable bonds is 3. The number of hydrogen-bond donors (Lipinski definition) is 1. The van der Waals surface area contributed by atoms with Crippen molar-refractivity contribution >= 4 is 0 Å². The lowest BCUT2D eigenvalue weighted by molar-refractivity contribution is 0.479. The Labute approximate surface area is 107 Å². The molecule has 0 aromatic heterocycles. The molecule has 2 rings (SSSR count). The van der Waals surface area contributed by atoms with Gasteiger partial charge in [-0.2, -0.15) is 0 Å². The molecule has 1 nitrogen and oxygen atoms in total. The summed E-state index contributed by atoms with van der Waals surface area (Å²) in [5.74, 6) is -0.242. The molecule has 2 aromatic carbocycles. The molecule has 2 heteroatoms. The summed E-state index contributed by atoms with van der Waals surface area (Å²) in [7, 11) is 0. The molecule has 0 saturated carbocycles. The second kappa shape index (κ2) is 4.91. The molecular formula is C16H18FN. The second-order valence-electron chi connectivity index (χ2n) is 4.67. The van der Waals surface area contributed by atoms with Crippen molar-refractivity contribution in [2.24, 2.45) is 5.73 Å². The lowest BCUT2D eigenvalue weighted by atomic mass is 9.81. The van der Waals surface area contributed by atoms with E-state index in [9.17, 15) is 4.39 Å². The summed E-state index contributed by atoms with van der Waals surface area (Å²) in [6, 6.07) is 14.8. The van der Waals surface area contributed by atoms with E-state index in [0.717, 1.165) is 11.1 Å². The van der Waals surface area contributed by atoms with Crippen molar-refractivity contribution in [2.75, 3.05) is 0 Å². The van der Waals surface area contributed by atoms with E-state index < -0.39 is 5.54 Å². The molecule has 0 saturated heterocycles. The zero-order chi connectivity index (χ0) is 13.2. The molecule has 0 radical (unpaired) electrons. The smallest absolute Gasteiger partial charge is 0.128 e. The number of benzene rings is 2. The Hall–Kier alpha value is -1.67. The summed E-state index contributed by atoms with van der Waals surface area (Å²) < 4.78 is 14.1. The molecule has 0 bridgehead atoms. The highest BCUT2D eigenvalue weighted by molar-refractivity contribution is 5.40. The maximum absolute atomic E-state index is 14.1. The Bertz CT molecular complexity index is 536. The van der Waals surface area contributed by atoms with Crippen LogP contribution in [0.1, 0.15) is 30.0 Å². The predicted octanol–water partition coefficient (Wildman–Crippen LogP) is 3.75. The number of aryl methyl sites for hydroxylation is 1. The first-order valence-electron chi connectivity index (χ1n) is 6.19. The van der Waals surface area contributed by atoms with Crippen molar-refractivity contribution < 1.29 is 4.39 Å². The molecule has 0 heterocycles. The van der Waals surface area contributed by atoms with Crippen molar-refractivity contribution in [3.8, 4) is 0 Å². The number of halogens is 1. The minimum atomic E-state index is -0.767. The van der Waals surface area contributed by atoms with Crippen molar-refractivity contribution in [1.82, 2.24) is 0 Å². The van der Waals surface area contributed by atoms with E-state index in [0.29, 0.717) is 12.0 Å². The molecule has 0 spiro atoms. The second-order valence-corrected chi connectivity index (χ2v) is 4.67. The van der Waals surface area contributed by atoms with Crippen LogP contribution in [0.2, 0.25) is 0 Å². The quantitative estimate of drug-likeness (QED) is 0.873. The molecule has 1 atom stereocenters. The highest BCUT2D eigenvalue weighted by atomic mass is 19.1. The van der Waals surface area contributed by atoms with Crippen LogP contribution in [-0.2, 0) is 5.54 Å². The van der Waals surface area contributed by atoms with Gasteiger partial charge in [0.25, 0.3) is 0 Å². The van der Waals surface area contributed by atoms with Crippen molar-refractivity contribution in [3.05, 3.63) is 71.0 Å². The summed E-state index contributed by atoms with van der Waals surface area (Å²) >= 11 is 0. The van der Waals surface area contributed by atoms with Crippen LogP contribution < -0.4 is 5.73 Å². The molecule has 2 aromatic rings. The molecule has 94 valence electrons. The Morgan fingerprint density at radius 2 is 1.78 bits per heavy atom. The average Bonchev–Trinajstić information content (AvgIpc) is 2.41. The van der Waals surface area contributed by atoms with E-state index in [1.54, 1.807) is 6.07 Å². The molecular weight excluding hydrogens is 225 g/mol. The first-order chi connectivity index (χ1) is 8.58. The van der Waals surface area contributed by atoms with Crippen LogP contribution in [-0.4, -0.2) is 0 Å². The fourth-order valence-corrected chi connectivity index (χ4v) is 2.27. The zero-order valence-corrected chi connectivity index (χ0v) is 10.8. The predicted molar refractivity (Wildman–Crippen MR) is 72.8 cm³/mol. The van der Waals surface area contributed by atoms with Gasteiger partial charge in [-0.05, 0) is 25.0 Å². The standard InChI is InChI=1S/C16H18FN/c1-3-16(18,13-7-5-4-6-8-13)14-11-12(2)9-10-15(14)17/h4-11H,3,18H2,1-2H3. The van der Waals surface area contributed by atoms with Crippen LogP contribution in [0, 0.1) is 12.7 Å². The van der Waals surface area contributed by atoms with E-state index in [2.05, 4.69) is 0 Å². The van der Waals surface area contributed by atoms with Gasteiger partial charge in [-0.25, -0.2) is 4.39 Å². The van der Waals surface area contributed by atoms with Crippen molar-refractivity contribution in [1.29, 1.82) is 0 Å². The van der Waals surface area contributed by atoms with Gasteiger partial charge in [-0.1, -0.05) is 55.0 Å². The van der Waals surface area contributed by atoms with Crippen LogP contribution in [0.3, 0.4) is 0 Å². The van der Waals surface area contributed by atoms with Crippen molar-refractivity contribution in [3.63, 3.8) is 0 Å². The fourth-order valence-electron chi connectivity index (χ4n) is 2.27. The molecule has 0 aliphatic carbocycles. The van der Waals surface area contributed by atoms with E-state index >= 15 is 0 Å². The van der Waals surface area contributed by atoms with E-state index in [1.807, 2.05) is 50.2 Å². The van der Waals surface area contributed by atoms with E-state index in [-0.39, 0.29) is 5.82 Å². The lowest BCUT2D eigenvalue weighted by Gasteiger charge is -2.30. The third-order valence-corrected chi connectivity index (χ3v) is 3.45. The zero-order valence-electron chi connectivity index (χ0n) is 10.8. The highest BCUT2D eigenvalue weighted by Gasteiger charge is 2.30. The normalized spacial score (nSPS) is 14.2. The number of hydrogen-bond acceptors (Lipinski definition) is 1. The summed E-state index contributed by atoms with van der Waals surface area (Å²) in [6.07, 6.45) is 0.650. The lowest BCUT2D eigenvalue weighted by Crippen LogP contribution is -2.38. The first kappa shape index (κ1) is 12.8. The maximum atomic E-state index is 14.1. The molecule has 1 unspecified atom stereocenters. The van der Waals surface area contributed by atoms with Gasteiger partial charge in [0.05, 0.1) is 5.54 Å². The summed E-state index contributed by atoms with van der Waals surface area (Å²) in [5, 5.41) is 0. The third kappa shape index (κ3) is 2.16. The largest absolute Gasteiger partial charge is 0.318 e. The van der Waals surface area contributed by atoms with Gasteiger partial charge in [0.1, 0.15) is 5.82 Å². The van der Waals surface area contributed by atoms with Gasteiger partial charge in [-0.15, -0.1) is 0 Å². The van der Waals surface area contributed by atoms with Crippen LogP contribution in [0.4, 0.5) is 4.39 Å². The fraction of sp³-hybridized carbons (Fsp3) is 0.250. The Morgan fingerprint density at radius 3 is 2.39 bits per heavy atom. The summed E-state index contributed by atoms with van der Waals surface area (Å²) in [6.45, 7) is 3.93. The summed E-state index contributed by atoms with van der Waals surface area (Å²) in [5.41, 5.74) is 8.23. The van der Waals surface area contributed by atoms with Gasteiger partial charge in [0, 0.05) is 5.56 Å². The first-order valence-corrected chi connectivity index (χ1v) is 6.19. The molecule has 0 amide bonds. The van der Waals surface area contributed by atoms with Crippen LogP contribution >= 0.6 is 0 Å². The minimum absolute atomic E-state index is 0.242. The van der Waals surface area contributed by atoms with Crippen LogP contribution in [0.5, 0.6) is 0 Å². The van der Waals surface area contributed by atoms with Gasteiger partial charge >= 0.3 is 0 Å².